The molecular weight excluding hydrogens is 537 g/mol. The highest BCUT2D eigenvalue weighted by atomic mass is 19.4. The van der Waals surface area contributed by atoms with E-state index in [0.29, 0.717) is 41.6 Å². The molecule has 10 nitrogen and oxygen atoms in total. The van der Waals surface area contributed by atoms with Crippen LogP contribution in [0.25, 0.3) is 17.0 Å². The summed E-state index contributed by atoms with van der Waals surface area (Å²) in [5.74, 6) is -1.64. The number of nitrogens with zero attached hydrogens (tertiary/aromatic N) is 7. The van der Waals surface area contributed by atoms with Crippen molar-refractivity contribution in [3.8, 4) is 17.5 Å². The standard InChI is InChI=1S/C28H25F3N8O2/c1-17(19-5-7-21(8-6-19)37-10-12-38(13-11-37)26(41)28(29,30)31)35-27-34-15-20(14-32)24(36-27)23-16-33-25-22(18(2)40)4-3-9-39(23)25/h3-9,15-17H,10-13H2,1-2H3,(H,34,35,36)/t17-/m0/s1. The van der Waals surface area contributed by atoms with Crippen LogP contribution in [0, 0.1) is 11.3 Å². The van der Waals surface area contributed by atoms with Crippen LogP contribution < -0.4 is 10.2 Å². The number of benzene rings is 1. The lowest BCUT2D eigenvalue weighted by Crippen LogP contribution is -2.52. The molecule has 13 heteroatoms. The second kappa shape index (κ2) is 10.9. The molecule has 3 aromatic heterocycles. The number of ketones is 1. The fraction of sp³-hybridized carbons (Fsp3) is 0.286. The van der Waals surface area contributed by atoms with Gasteiger partial charge in [-0.15, -0.1) is 0 Å². The van der Waals surface area contributed by atoms with E-state index in [1.807, 2.05) is 36.1 Å². The van der Waals surface area contributed by atoms with Crippen molar-refractivity contribution >= 4 is 29.0 Å². The van der Waals surface area contributed by atoms with Gasteiger partial charge in [0.2, 0.25) is 5.95 Å². The maximum Gasteiger partial charge on any atom is 0.471 e. The molecule has 210 valence electrons. The smallest absolute Gasteiger partial charge is 0.368 e. The molecule has 0 spiro atoms. The average Bonchev–Trinajstić information content (AvgIpc) is 3.40. The molecule has 1 atom stereocenters. The first-order valence-electron chi connectivity index (χ1n) is 12.8. The molecule has 5 rings (SSSR count). The number of nitriles is 1. The quantitative estimate of drug-likeness (QED) is 0.347. The van der Waals surface area contributed by atoms with Crippen LogP contribution in [0.15, 0.2) is 55.0 Å². The Kier molecular flexibility index (Phi) is 7.32. The first kappa shape index (κ1) is 27.6. The Bertz CT molecular complexity index is 1650. The zero-order valence-electron chi connectivity index (χ0n) is 22.2. The van der Waals surface area contributed by atoms with Crippen molar-refractivity contribution in [2.45, 2.75) is 26.1 Å². The number of carbonyl (C=O) groups excluding carboxylic acids is 2. The van der Waals surface area contributed by atoms with Crippen LogP contribution in [0.3, 0.4) is 0 Å². The van der Waals surface area contributed by atoms with E-state index in [1.54, 1.807) is 28.9 Å². The normalized spacial score (nSPS) is 14.5. The van der Waals surface area contributed by atoms with E-state index < -0.39 is 12.1 Å². The number of piperazine rings is 1. The summed E-state index contributed by atoms with van der Waals surface area (Å²) in [4.78, 5) is 39.5. The van der Waals surface area contributed by atoms with Crippen molar-refractivity contribution in [1.29, 1.82) is 5.26 Å². The Labute approximate surface area is 233 Å². The van der Waals surface area contributed by atoms with Gasteiger partial charge in [0.25, 0.3) is 0 Å². The summed E-state index contributed by atoms with van der Waals surface area (Å²) < 4.78 is 39.9. The predicted octanol–water partition coefficient (Wildman–Crippen LogP) is 4.25. The van der Waals surface area contributed by atoms with Crippen LogP contribution in [0.1, 0.15) is 41.4 Å². The van der Waals surface area contributed by atoms with Gasteiger partial charge in [0.05, 0.1) is 35.3 Å². The Balaban J connectivity index is 1.31. The monoisotopic (exact) mass is 562 g/mol. The topological polar surface area (TPSA) is 120 Å². The highest BCUT2D eigenvalue weighted by Crippen LogP contribution is 2.27. The van der Waals surface area contributed by atoms with Gasteiger partial charge in [0.1, 0.15) is 17.4 Å². The number of rotatable bonds is 6. The van der Waals surface area contributed by atoms with E-state index in [4.69, 9.17) is 0 Å². The number of fused-ring (bicyclic) bond motifs is 1. The van der Waals surface area contributed by atoms with Crippen molar-refractivity contribution in [2.24, 2.45) is 0 Å². The number of amides is 1. The van der Waals surface area contributed by atoms with E-state index in [0.717, 1.165) is 16.2 Å². The molecule has 1 aliphatic rings. The van der Waals surface area contributed by atoms with Gasteiger partial charge in [0, 0.05) is 38.1 Å². The lowest BCUT2D eigenvalue weighted by molar-refractivity contribution is -0.185. The Hall–Kier alpha value is -4.99. The second-order valence-corrected chi connectivity index (χ2v) is 9.62. The number of hydrogen-bond acceptors (Lipinski definition) is 8. The van der Waals surface area contributed by atoms with E-state index in [9.17, 15) is 28.0 Å². The molecule has 4 aromatic rings. The maximum atomic E-state index is 12.7. The maximum absolute atomic E-state index is 12.7. The van der Waals surface area contributed by atoms with Crippen LogP contribution in [0.5, 0.6) is 0 Å². The molecule has 1 fully saturated rings. The van der Waals surface area contributed by atoms with Crippen LogP contribution in [0.4, 0.5) is 24.8 Å². The molecule has 0 bridgehead atoms. The van der Waals surface area contributed by atoms with Crippen LogP contribution in [0.2, 0.25) is 0 Å². The number of Topliss-reactive ketones (excluding diaryl/α,β-unsaturated/α-hetero) is 1. The van der Waals surface area contributed by atoms with Gasteiger partial charge < -0.3 is 15.1 Å². The summed E-state index contributed by atoms with van der Waals surface area (Å²) in [6.45, 7) is 3.98. The predicted molar refractivity (Wildman–Crippen MR) is 144 cm³/mol. The molecule has 1 amide bonds. The summed E-state index contributed by atoms with van der Waals surface area (Å²) in [5, 5.41) is 12.9. The Morgan fingerprint density at radius 2 is 1.76 bits per heavy atom. The zero-order valence-corrected chi connectivity index (χ0v) is 22.2. The van der Waals surface area contributed by atoms with Gasteiger partial charge in [0.15, 0.2) is 5.78 Å². The Morgan fingerprint density at radius 3 is 2.39 bits per heavy atom. The Morgan fingerprint density at radius 1 is 1.05 bits per heavy atom. The van der Waals surface area contributed by atoms with Crippen molar-refractivity contribution in [2.75, 3.05) is 36.4 Å². The van der Waals surface area contributed by atoms with Gasteiger partial charge in [-0.3, -0.25) is 14.0 Å². The number of imidazole rings is 1. The van der Waals surface area contributed by atoms with Gasteiger partial charge in [-0.05, 0) is 43.7 Å². The lowest BCUT2D eigenvalue weighted by Gasteiger charge is -2.36. The largest absolute Gasteiger partial charge is 0.471 e. The molecule has 0 unspecified atom stereocenters. The van der Waals surface area contributed by atoms with E-state index in [-0.39, 0.29) is 30.5 Å². The summed E-state index contributed by atoms with van der Waals surface area (Å²) in [6, 6.07) is 12.9. The summed E-state index contributed by atoms with van der Waals surface area (Å²) in [7, 11) is 0. The third-order valence-electron chi connectivity index (χ3n) is 6.98. The molecule has 41 heavy (non-hydrogen) atoms. The van der Waals surface area contributed by atoms with E-state index in [2.05, 4.69) is 26.3 Å². The van der Waals surface area contributed by atoms with Crippen molar-refractivity contribution < 1.29 is 22.8 Å². The van der Waals surface area contributed by atoms with Gasteiger partial charge in [-0.1, -0.05) is 12.1 Å². The minimum absolute atomic E-state index is 0.00103. The van der Waals surface area contributed by atoms with Crippen molar-refractivity contribution in [3.05, 3.63) is 71.7 Å². The van der Waals surface area contributed by atoms with E-state index in [1.165, 1.54) is 13.1 Å². The van der Waals surface area contributed by atoms with Gasteiger partial charge in [-0.2, -0.15) is 18.4 Å². The number of nitrogens with one attached hydrogen (secondary N) is 1. The highest BCUT2D eigenvalue weighted by molar-refractivity contribution is 6.00. The first-order valence-corrected chi connectivity index (χ1v) is 12.8. The number of halogens is 3. The van der Waals surface area contributed by atoms with Crippen molar-refractivity contribution in [1.82, 2.24) is 24.3 Å². The first-order chi connectivity index (χ1) is 19.6. The molecular formula is C28H25F3N8O2. The molecule has 1 saturated heterocycles. The number of pyridine rings is 1. The number of anilines is 2. The highest BCUT2D eigenvalue weighted by Gasteiger charge is 2.43. The fourth-order valence-corrected chi connectivity index (χ4v) is 4.79. The third kappa shape index (κ3) is 5.54. The minimum atomic E-state index is -4.86. The third-order valence-corrected chi connectivity index (χ3v) is 6.98. The number of hydrogen-bond donors (Lipinski definition) is 1. The average molecular weight is 563 g/mol. The second-order valence-electron chi connectivity index (χ2n) is 9.62. The van der Waals surface area contributed by atoms with Crippen LogP contribution >= 0.6 is 0 Å². The summed E-state index contributed by atoms with van der Waals surface area (Å²) in [5.41, 5.74) is 3.83. The number of alkyl halides is 3. The number of aromatic nitrogens is 4. The van der Waals surface area contributed by atoms with Crippen LogP contribution in [-0.2, 0) is 4.79 Å². The zero-order chi connectivity index (χ0) is 29.3. The molecule has 0 saturated carbocycles. The molecule has 4 heterocycles. The number of carbonyl (C=O) groups is 2. The fourth-order valence-electron chi connectivity index (χ4n) is 4.79. The molecule has 0 aliphatic carbocycles. The lowest BCUT2D eigenvalue weighted by atomic mass is 10.1. The minimum Gasteiger partial charge on any atom is -0.368 e. The van der Waals surface area contributed by atoms with Gasteiger partial charge >= 0.3 is 12.1 Å². The SMILES string of the molecule is CC(=O)c1cccn2c(-c3nc(N[C@@H](C)c4ccc(N5CCN(C(=O)C(F)(F)F)CC5)cc4)ncc3C#N)cnc12. The summed E-state index contributed by atoms with van der Waals surface area (Å²) >= 11 is 0. The molecule has 0 radical (unpaired) electrons. The molecule has 1 aromatic carbocycles. The molecule has 1 N–H and O–H groups in total. The summed E-state index contributed by atoms with van der Waals surface area (Å²) in [6.07, 6.45) is -0.121. The van der Waals surface area contributed by atoms with Gasteiger partial charge in [-0.25, -0.2) is 15.0 Å². The van der Waals surface area contributed by atoms with Crippen molar-refractivity contribution in [3.63, 3.8) is 0 Å². The molecule has 1 aliphatic heterocycles. The van der Waals surface area contributed by atoms with Crippen LogP contribution in [-0.4, -0.2) is 68.3 Å². The van der Waals surface area contributed by atoms with E-state index >= 15 is 0 Å².